The van der Waals surface area contributed by atoms with Gasteiger partial charge in [-0.15, -0.1) is 0 Å². The molecule has 3 rings (SSSR count). The molecule has 0 radical (unpaired) electrons. The highest BCUT2D eigenvalue weighted by Crippen LogP contribution is 2.26. The Balaban J connectivity index is 1.91. The second kappa shape index (κ2) is 5.45. The summed E-state index contributed by atoms with van der Waals surface area (Å²) in [5.41, 5.74) is 3.91. The van der Waals surface area contributed by atoms with E-state index in [0.717, 1.165) is 19.6 Å². The number of anilines is 1. The molecule has 2 aromatic carbocycles. The predicted molar refractivity (Wildman–Crippen MR) is 81.6 cm³/mol. The van der Waals surface area contributed by atoms with Crippen LogP contribution in [0.2, 0.25) is 0 Å². The normalized spacial score (nSPS) is 19.4. The molecule has 0 aliphatic carbocycles. The van der Waals surface area contributed by atoms with E-state index in [-0.39, 0.29) is 0 Å². The standard InChI is InChI=1S/C17H20N2/c1-14-13-18-10-11-19(14)17-9-5-8-16(12-17)15-6-3-2-4-7-15/h2-9,12,14,18H,10-11,13H2,1H3/t14-/m1/s1. The number of rotatable bonds is 2. The fourth-order valence-electron chi connectivity index (χ4n) is 2.72. The second-order valence-electron chi connectivity index (χ2n) is 5.16. The van der Waals surface area contributed by atoms with Gasteiger partial charge < -0.3 is 10.2 Å². The second-order valence-corrected chi connectivity index (χ2v) is 5.16. The fourth-order valence-corrected chi connectivity index (χ4v) is 2.72. The smallest absolute Gasteiger partial charge is 0.0386 e. The summed E-state index contributed by atoms with van der Waals surface area (Å²) in [7, 11) is 0. The van der Waals surface area contributed by atoms with Gasteiger partial charge in [0.25, 0.3) is 0 Å². The van der Waals surface area contributed by atoms with Gasteiger partial charge in [-0.3, -0.25) is 0 Å². The largest absolute Gasteiger partial charge is 0.366 e. The Kier molecular flexibility index (Phi) is 3.51. The summed E-state index contributed by atoms with van der Waals surface area (Å²) < 4.78 is 0. The molecule has 1 aliphatic rings. The SMILES string of the molecule is C[C@@H]1CNCCN1c1cccc(-c2ccccc2)c1. The first kappa shape index (κ1) is 12.2. The van der Waals surface area contributed by atoms with Gasteiger partial charge in [0, 0.05) is 31.4 Å². The molecule has 1 heterocycles. The van der Waals surface area contributed by atoms with Gasteiger partial charge in [-0.1, -0.05) is 42.5 Å². The van der Waals surface area contributed by atoms with Crippen LogP contribution in [-0.2, 0) is 0 Å². The monoisotopic (exact) mass is 252 g/mol. The molecule has 2 nitrogen and oxygen atoms in total. The van der Waals surface area contributed by atoms with Gasteiger partial charge in [0.15, 0.2) is 0 Å². The highest BCUT2D eigenvalue weighted by atomic mass is 15.2. The van der Waals surface area contributed by atoms with Crippen LogP contribution in [0.3, 0.4) is 0 Å². The maximum Gasteiger partial charge on any atom is 0.0386 e. The van der Waals surface area contributed by atoms with Crippen LogP contribution >= 0.6 is 0 Å². The van der Waals surface area contributed by atoms with Crippen molar-refractivity contribution in [2.75, 3.05) is 24.5 Å². The van der Waals surface area contributed by atoms with Crippen molar-refractivity contribution in [3.8, 4) is 11.1 Å². The van der Waals surface area contributed by atoms with Crippen LogP contribution < -0.4 is 10.2 Å². The molecular formula is C17H20N2. The summed E-state index contributed by atoms with van der Waals surface area (Å²) in [6.07, 6.45) is 0. The van der Waals surface area contributed by atoms with Crippen molar-refractivity contribution in [2.45, 2.75) is 13.0 Å². The van der Waals surface area contributed by atoms with Gasteiger partial charge >= 0.3 is 0 Å². The first-order valence-electron chi connectivity index (χ1n) is 6.97. The molecule has 0 spiro atoms. The molecule has 2 heteroatoms. The van der Waals surface area contributed by atoms with Gasteiger partial charge in [0.05, 0.1) is 0 Å². The van der Waals surface area contributed by atoms with Crippen LogP contribution in [-0.4, -0.2) is 25.7 Å². The van der Waals surface area contributed by atoms with Crippen molar-refractivity contribution in [3.63, 3.8) is 0 Å². The van der Waals surface area contributed by atoms with Gasteiger partial charge in [-0.2, -0.15) is 0 Å². The van der Waals surface area contributed by atoms with Crippen molar-refractivity contribution >= 4 is 5.69 Å². The maximum atomic E-state index is 3.44. The van der Waals surface area contributed by atoms with Crippen LogP contribution in [0, 0.1) is 0 Å². The first-order valence-corrected chi connectivity index (χ1v) is 6.97. The van der Waals surface area contributed by atoms with Crippen LogP contribution in [0.1, 0.15) is 6.92 Å². The van der Waals surface area contributed by atoms with E-state index in [1.54, 1.807) is 0 Å². The molecule has 98 valence electrons. The third-order valence-electron chi connectivity index (χ3n) is 3.79. The molecule has 0 bridgehead atoms. The van der Waals surface area contributed by atoms with E-state index in [0.29, 0.717) is 6.04 Å². The number of nitrogens with zero attached hydrogens (tertiary/aromatic N) is 1. The van der Waals surface area contributed by atoms with E-state index in [9.17, 15) is 0 Å². The summed E-state index contributed by atoms with van der Waals surface area (Å²) in [6.45, 7) is 5.50. The number of nitrogens with one attached hydrogen (secondary N) is 1. The molecule has 0 unspecified atom stereocenters. The highest BCUT2D eigenvalue weighted by Gasteiger charge is 2.18. The Hall–Kier alpha value is -1.80. The zero-order valence-electron chi connectivity index (χ0n) is 11.3. The van der Waals surface area contributed by atoms with E-state index in [1.807, 2.05) is 0 Å². The molecule has 1 N–H and O–H groups in total. The molecule has 1 fully saturated rings. The van der Waals surface area contributed by atoms with Gasteiger partial charge in [-0.05, 0) is 30.2 Å². The molecular weight excluding hydrogens is 232 g/mol. The van der Waals surface area contributed by atoms with Crippen LogP contribution in [0.15, 0.2) is 54.6 Å². The quantitative estimate of drug-likeness (QED) is 0.883. The molecule has 19 heavy (non-hydrogen) atoms. The Morgan fingerprint density at radius 2 is 1.79 bits per heavy atom. The first-order chi connectivity index (χ1) is 9.34. The van der Waals surface area contributed by atoms with E-state index in [2.05, 4.69) is 71.7 Å². The summed E-state index contributed by atoms with van der Waals surface area (Å²) in [4.78, 5) is 2.49. The van der Waals surface area contributed by atoms with Crippen LogP contribution in [0.25, 0.3) is 11.1 Å². The van der Waals surface area contributed by atoms with Crippen molar-refractivity contribution in [3.05, 3.63) is 54.6 Å². The maximum absolute atomic E-state index is 3.44. The summed E-state index contributed by atoms with van der Waals surface area (Å²) in [6, 6.07) is 20.0. The van der Waals surface area contributed by atoms with E-state index in [1.165, 1.54) is 16.8 Å². The molecule has 1 atom stereocenters. The third kappa shape index (κ3) is 2.64. The molecule has 2 aromatic rings. The van der Waals surface area contributed by atoms with E-state index >= 15 is 0 Å². The molecule has 0 aromatic heterocycles. The molecule has 0 saturated carbocycles. The average molecular weight is 252 g/mol. The average Bonchev–Trinajstić information content (AvgIpc) is 2.49. The zero-order valence-corrected chi connectivity index (χ0v) is 11.3. The predicted octanol–water partition coefficient (Wildman–Crippen LogP) is 3.15. The van der Waals surface area contributed by atoms with Crippen molar-refractivity contribution < 1.29 is 0 Å². The zero-order chi connectivity index (χ0) is 13.1. The number of hydrogen-bond donors (Lipinski definition) is 1. The minimum Gasteiger partial charge on any atom is -0.366 e. The van der Waals surface area contributed by atoms with Gasteiger partial charge in [0.1, 0.15) is 0 Å². The lowest BCUT2D eigenvalue weighted by Gasteiger charge is -2.36. The third-order valence-corrected chi connectivity index (χ3v) is 3.79. The number of hydrogen-bond acceptors (Lipinski definition) is 2. The number of benzene rings is 2. The van der Waals surface area contributed by atoms with Gasteiger partial charge in [0.2, 0.25) is 0 Å². The van der Waals surface area contributed by atoms with E-state index in [4.69, 9.17) is 0 Å². The van der Waals surface area contributed by atoms with Crippen molar-refractivity contribution in [1.29, 1.82) is 0 Å². The lowest BCUT2D eigenvalue weighted by Crippen LogP contribution is -2.49. The minimum absolute atomic E-state index is 0.555. The number of piperazine rings is 1. The van der Waals surface area contributed by atoms with Crippen molar-refractivity contribution in [1.82, 2.24) is 5.32 Å². The Labute approximate surface area is 115 Å². The summed E-state index contributed by atoms with van der Waals surface area (Å²) in [5, 5.41) is 3.44. The molecule has 0 amide bonds. The van der Waals surface area contributed by atoms with Crippen LogP contribution in [0.5, 0.6) is 0 Å². The Morgan fingerprint density at radius 1 is 1.00 bits per heavy atom. The highest BCUT2D eigenvalue weighted by molar-refractivity contribution is 5.68. The van der Waals surface area contributed by atoms with E-state index < -0.39 is 0 Å². The molecule has 1 saturated heterocycles. The topological polar surface area (TPSA) is 15.3 Å². The van der Waals surface area contributed by atoms with Gasteiger partial charge in [-0.25, -0.2) is 0 Å². The summed E-state index contributed by atoms with van der Waals surface area (Å²) in [5.74, 6) is 0. The van der Waals surface area contributed by atoms with Crippen molar-refractivity contribution in [2.24, 2.45) is 0 Å². The van der Waals surface area contributed by atoms with Crippen LogP contribution in [0.4, 0.5) is 5.69 Å². The minimum atomic E-state index is 0.555. The Morgan fingerprint density at radius 3 is 2.58 bits per heavy atom. The lowest BCUT2D eigenvalue weighted by atomic mass is 10.0. The summed E-state index contributed by atoms with van der Waals surface area (Å²) >= 11 is 0. The fraction of sp³-hybridized carbons (Fsp3) is 0.294. The Bertz CT molecular complexity index is 536. The lowest BCUT2D eigenvalue weighted by molar-refractivity contribution is 0.501. The molecule has 1 aliphatic heterocycles.